The topological polar surface area (TPSA) is 58.2 Å². The van der Waals surface area contributed by atoms with E-state index in [-0.39, 0.29) is 6.04 Å². The molecule has 1 aromatic rings. The molecule has 0 saturated carbocycles. The standard InChI is InChI=1S/C14H26N2O2S3/c1-5-19-7-6-12(4)16-21(17,18)14-8-13(10-20-14)9-15-11(2)3/h8,10-12,15-16H,5-7,9H2,1-4H3. The smallest absolute Gasteiger partial charge is 0.250 e. The number of thiophene rings is 1. The van der Waals surface area contributed by atoms with Gasteiger partial charge in [0.1, 0.15) is 4.21 Å². The Bertz CT molecular complexity index is 512. The number of thioether (sulfide) groups is 1. The first-order valence-corrected chi connectivity index (χ1v) is 10.8. The van der Waals surface area contributed by atoms with Crippen molar-refractivity contribution in [1.29, 1.82) is 0 Å². The van der Waals surface area contributed by atoms with E-state index in [0.717, 1.165) is 23.5 Å². The van der Waals surface area contributed by atoms with Gasteiger partial charge in [-0.25, -0.2) is 13.1 Å². The Hall–Kier alpha value is -0.0800. The molecule has 1 aromatic heterocycles. The predicted molar refractivity (Wildman–Crippen MR) is 93.7 cm³/mol. The summed E-state index contributed by atoms with van der Waals surface area (Å²) in [5, 5.41) is 5.19. The maximum Gasteiger partial charge on any atom is 0.250 e. The molecule has 0 radical (unpaired) electrons. The van der Waals surface area contributed by atoms with Crippen molar-refractivity contribution in [3.05, 3.63) is 17.0 Å². The Morgan fingerprint density at radius 2 is 2.05 bits per heavy atom. The van der Waals surface area contributed by atoms with Crippen LogP contribution in [0.2, 0.25) is 0 Å². The van der Waals surface area contributed by atoms with Crippen LogP contribution in [0, 0.1) is 0 Å². The van der Waals surface area contributed by atoms with Crippen LogP contribution in [0.3, 0.4) is 0 Å². The highest BCUT2D eigenvalue weighted by molar-refractivity contribution is 7.99. The summed E-state index contributed by atoms with van der Waals surface area (Å²) in [7, 11) is -3.38. The fourth-order valence-electron chi connectivity index (χ4n) is 1.70. The Morgan fingerprint density at radius 3 is 2.67 bits per heavy atom. The minimum absolute atomic E-state index is 0.0339. The second-order valence-corrected chi connectivity index (χ2v) is 9.56. The first kappa shape index (κ1) is 19.0. The van der Waals surface area contributed by atoms with Crippen LogP contribution < -0.4 is 10.0 Å². The summed E-state index contributed by atoms with van der Waals surface area (Å²) >= 11 is 3.11. The lowest BCUT2D eigenvalue weighted by molar-refractivity contribution is 0.558. The second kappa shape index (κ2) is 9.15. The molecular formula is C14H26N2O2S3. The van der Waals surface area contributed by atoms with Crippen molar-refractivity contribution in [3.63, 3.8) is 0 Å². The first-order valence-electron chi connectivity index (χ1n) is 7.26. The normalized spacial score (nSPS) is 13.8. The van der Waals surface area contributed by atoms with Crippen LogP contribution >= 0.6 is 23.1 Å². The second-order valence-electron chi connectivity index (χ2n) is 5.32. The first-order chi connectivity index (χ1) is 9.85. The highest BCUT2D eigenvalue weighted by Crippen LogP contribution is 2.21. The van der Waals surface area contributed by atoms with Gasteiger partial charge in [-0.2, -0.15) is 11.8 Å². The summed E-state index contributed by atoms with van der Waals surface area (Å²) in [4.78, 5) is 0. The van der Waals surface area contributed by atoms with Crippen LogP contribution in [0.15, 0.2) is 15.7 Å². The van der Waals surface area contributed by atoms with Crippen LogP contribution in [-0.4, -0.2) is 32.0 Å². The quantitative estimate of drug-likeness (QED) is 0.637. The zero-order valence-corrected chi connectivity index (χ0v) is 15.6. The van der Waals surface area contributed by atoms with Crippen molar-refractivity contribution in [3.8, 4) is 0 Å². The maximum absolute atomic E-state index is 12.3. The van der Waals surface area contributed by atoms with Crippen molar-refractivity contribution < 1.29 is 8.42 Å². The van der Waals surface area contributed by atoms with Crippen molar-refractivity contribution >= 4 is 33.1 Å². The van der Waals surface area contributed by atoms with Crippen molar-refractivity contribution in [2.45, 2.75) is 57.0 Å². The van der Waals surface area contributed by atoms with E-state index in [9.17, 15) is 8.42 Å². The summed E-state index contributed by atoms with van der Waals surface area (Å²) in [6.45, 7) is 8.87. The van der Waals surface area contributed by atoms with E-state index in [1.165, 1.54) is 11.3 Å². The molecule has 1 rings (SSSR count). The molecule has 0 fully saturated rings. The number of hydrogen-bond donors (Lipinski definition) is 2. The molecule has 122 valence electrons. The SMILES string of the molecule is CCSCCC(C)NS(=O)(=O)c1cc(CNC(C)C)cs1. The number of nitrogens with one attached hydrogen (secondary N) is 2. The molecule has 2 N–H and O–H groups in total. The van der Waals surface area contributed by atoms with Gasteiger partial charge < -0.3 is 5.32 Å². The molecule has 0 aliphatic carbocycles. The minimum atomic E-state index is -3.38. The third-order valence-electron chi connectivity index (χ3n) is 2.86. The molecule has 1 unspecified atom stereocenters. The summed E-state index contributed by atoms with van der Waals surface area (Å²) in [5.74, 6) is 2.05. The van der Waals surface area contributed by atoms with Gasteiger partial charge in [0.15, 0.2) is 0 Å². The van der Waals surface area contributed by atoms with Gasteiger partial charge in [0.05, 0.1) is 0 Å². The van der Waals surface area contributed by atoms with Gasteiger partial charge in [-0.3, -0.25) is 0 Å². The molecule has 21 heavy (non-hydrogen) atoms. The third-order valence-corrected chi connectivity index (χ3v) is 6.88. The van der Waals surface area contributed by atoms with E-state index in [0.29, 0.717) is 16.8 Å². The van der Waals surface area contributed by atoms with E-state index >= 15 is 0 Å². The molecular weight excluding hydrogens is 324 g/mol. The summed E-state index contributed by atoms with van der Waals surface area (Å²) in [6, 6.07) is 2.11. The zero-order chi connectivity index (χ0) is 15.9. The number of rotatable bonds is 10. The average Bonchev–Trinajstić information content (AvgIpc) is 2.85. The molecule has 0 aliphatic heterocycles. The molecule has 1 atom stereocenters. The highest BCUT2D eigenvalue weighted by atomic mass is 32.2. The lowest BCUT2D eigenvalue weighted by Crippen LogP contribution is -2.32. The monoisotopic (exact) mass is 350 g/mol. The Kier molecular flexibility index (Phi) is 8.26. The van der Waals surface area contributed by atoms with Gasteiger partial charge >= 0.3 is 0 Å². The lowest BCUT2D eigenvalue weighted by atomic mass is 10.3. The average molecular weight is 351 g/mol. The van der Waals surface area contributed by atoms with Gasteiger partial charge in [0.2, 0.25) is 10.0 Å². The van der Waals surface area contributed by atoms with Gasteiger partial charge in [0.25, 0.3) is 0 Å². The molecule has 0 spiro atoms. The fraction of sp³-hybridized carbons (Fsp3) is 0.714. The molecule has 1 heterocycles. The predicted octanol–water partition coefficient (Wildman–Crippen LogP) is 3.06. The number of sulfonamides is 1. The highest BCUT2D eigenvalue weighted by Gasteiger charge is 2.19. The molecule has 7 heteroatoms. The van der Waals surface area contributed by atoms with Gasteiger partial charge in [0, 0.05) is 18.6 Å². The van der Waals surface area contributed by atoms with E-state index in [4.69, 9.17) is 0 Å². The number of hydrogen-bond acceptors (Lipinski definition) is 5. The lowest BCUT2D eigenvalue weighted by Gasteiger charge is -2.12. The molecule has 0 saturated heterocycles. The van der Waals surface area contributed by atoms with Crippen LogP contribution in [0.5, 0.6) is 0 Å². The largest absolute Gasteiger partial charge is 0.310 e. The maximum atomic E-state index is 12.3. The van der Waals surface area contributed by atoms with Crippen LogP contribution in [-0.2, 0) is 16.6 Å². The molecule has 0 aliphatic rings. The van der Waals surface area contributed by atoms with Crippen LogP contribution in [0.4, 0.5) is 0 Å². The zero-order valence-electron chi connectivity index (χ0n) is 13.2. The van der Waals surface area contributed by atoms with Crippen molar-refractivity contribution in [2.75, 3.05) is 11.5 Å². The summed E-state index contributed by atoms with van der Waals surface area (Å²) in [6.07, 6.45) is 0.852. The minimum Gasteiger partial charge on any atom is -0.310 e. The Balaban J connectivity index is 2.57. The van der Waals surface area contributed by atoms with Gasteiger partial charge in [-0.1, -0.05) is 20.8 Å². The van der Waals surface area contributed by atoms with Gasteiger partial charge in [-0.05, 0) is 41.9 Å². The third kappa shape index (κ3) is 7.15. The van der Waals surface area contributed by atoms with Gasteiger partial charge in [-0.15, -0.1) is 11.3 Å². The van der Waals surface area contributed by atoms with Crippen molar-refractivity contribution in [2.24, 2.45) is 0 Å². The molecule has 0 amide bonds. The summed E-state index contributed by atoms with van der Waals surface area (Å²) in [5.41, 5.74) is 1.02. The van der Waals surface area contributed by atoms with E-state index < -0.39 is 10.0 Å². The van der Waals surface area contributed by atoms with E-state index in [1.807, 2.05) is 24.1 Å². The van der Waals surface area contributed by atoms with Crippen LogP contribution in [0.1, 0.15) is 39.7 Å². The van der Waals surface area contributed by atoms with Crippen molar-refractivity contribution in [1.82, 2.24) is 10.0 Å². The fourth-order valence-corrected chi connectivity index (χ4v) is 5.01. The Labute approximate surface area is 137 Å². The Morgan fingerprint density at radius 1 is 1.33 bits per heavy atom. The molecule has 4 nitrogen and oxygen atoms in total. The van der Waals surface area contributed by atoms with E-state index in [1.54, 1.807) is 6.07 Å². The van der Waals surface area contributed by atoms with E-state index in [2.05, 4.69) is 30.8 Å². The summed E-state index contributed by atoms with van der Waals surface area (Å²) < 4.78 is 27.8. The molecule has 0 bridgehead atoms. The molecule has 0 aromatic carbocycles. The van der Waals surface area contributed by atoms with Crippen LogP contribution in [0.25, 0.3) is 0 Å².